The highest BCUT2D eigenvalue weighted by Crippen LogP contribution is 2.63. The zero-order chi connectivity index (χ0) is 10.6. The number of fused-ring (bicyclic) bond motifs is 2. The van der Waals surface area contributed by atoms with Crippen LogP contribution in [0.5, 0.6) is 0 Å². The zero-order valence-electron chi connectivity index (χ0n) is 9.46. The molecule has 2 N–H and O–H groups in total. The average Bonchev–Trinajstić information content (AvgIpc) is 2.46. The van der Waals surface area contributed by atoms with E-state index in [2.05, 4.69) is 31.2 Å². The molecule has 2 aliphatic carbocycles. The van der Waals surface area contributed by atoms with E-state index in [1.54, 1.807) is 0 Å². The van der Waals surface area contributed by atoms with E-state index < -0.39 is 0 Å². The molecule has 0 aromatic carbocycles. The molecule has 0 amide bonds. The van der Waals surface area contributed by atoms with Crippen molar-refractivity contribution in [3.05, 3.63) is 0 Å². The Morgan fingerprint density at radius 2 is 2.07 bits per heavy atom. The molecule has 0 aliphatic heterocycles. The lowest BCUT2D eigenvalue weighted by Crippen LogP contribution is -2.41. The molecule has 14 heavy (non-hydrogen) atoms. The maximum absolute atomic E-state index is 9.14. The fourth-order valence-electron chi connectivity index (χ4n) is 3.62. The summed E-state index contributed by atoms with van der Waals surface area (Å²) in [7, 11) is 1.95. The van der Waals surface area contributed by atoms with Crippen LogP contribution in [0.25, 0.3) is 0 Å². The molecule has 0 aromatic heterocycles. The second-order valence-electron chi connectivity index (χ2n) is 5.45. The van der Waals surface area contributed by atoms with E-state index in [1.807, 2.05) is 7.05 Å². The molecule has 3 nitrogen and oxygen atoms in total. The van der Waals surface area contributed by atoms with Crippen molar-refractivity contribution in [3.8, 4) is 0 Å². The predicted octanol–water partition coefficient (Wildman–Crippen LogP) is 1.86. The first-order chi connectivity index (χ1) is 6.49. The minimum absolute atomic E-state index is 0.0834. The Kier molecular flexibility index (Phi) is 1.94. The normalized spacial score (nSPS) is 47.6. The van der Waals surface area contributed by atoms with Gasteiger partial charge < -0.3 is 10.5 Å². The fraction of sp³-hybridized carbons (Fsp3) is 0.909. The van der Waals surface area contributed by atoms with Crippen molar-refractivity contribution in [2.75, 3.05) is 7.05 Å². The second-order valence-corrected chi connectivity index (χ2v) is 5.45. The van der Waals surface area contributed by atoms with Crippen molar-refractivity contribution in [1.82, 2.24) is 5.32 Å². The summed E-state index contributed by atoms with van der Waals surface area (Å²) in [5.74, 6) is 0.614. The van der Waals surface area contributed by atoms with Gasteiger partial charge in [0.15, 0.2) is 0 Å². The van der Waals surface area contributed by atoms with Crippen molar-refractivity contribution in [1.29, 1.82) is 0 Å². The number of hydrogen-bond acceptors (Lipinski definition) is 3. The lowest BCUT2D eigenvalue weighted by Gasteiger charge is -2.33. The van der Waals surface area contributed by atoms with Gasteiger partial charge in [0.25, 0.3) is 0 Å². The van der Waals surface area contributed by atoms with Crippen molar-refractivity contribution in [3.63, 3.8) is 0 Å². The third-order valence-electron chi connectivity index (χ3n) is 4.99. The Balaban J connectivity index is 2.49. The lowest BCUT2D eigenvalue weighted by molar-refractivity contribution is 0.183. The van der Waals surface area contributed by atoms with Gasteiger partial charge >= 0.3 is 0 Å². The van der Waals surface area contributed by atoms with Gasteiger partial charge in [0.05, 0.1) is 11.8 Å². The second kappa shape index (κ2) is 2.72. The summed E-state index contributed by atoms with van der Waals surface area (Å²) < 4.78 is 0. The molecule has 2 fully saturated rings. The molecule has 0 saturated heterocycles. The SMILES string of the molecule is CN[C@@H]1/C(=N/O)[C@]2(C)CC[C@H]1C2(C)C. The summed E-state index contributed by atoms with van der Waals surface area (Å²) in [6.45, 7) is 6.83. The Bertz CT molecular complexity index is 285. The van der Waals surface area contributed by atoms with Crippen LogP contribution in [0.3, 0.4) is 0 Å². The first kappa shape index (κ1) is 9.97. The van der Waals surface area contributed by atoms with Crippen LogP contribution in [-0.2, 0) is 0 Å². The van der Waals surface area contributed by atoms with E-state index >= 15 is 0 Å². The number of hydrogen-bond donors (Lipinski definition) is 2. The summed E-state index contributed by atoms with van der Waals surface area (Å²) in [6, 6.07) is 0.272. The van der Waals surface area contributed by atoms with Gasteiger partial charge in [-0.3, -0.25) is 0 Å². The first-order valence-electron chi connectivity index (χ1n) is 5.38. The Labute approximate surface area is 85.6 Å². The van der Waals surface area contributed by atoms with Gasteiger partial charge in [0.2, 0.25) is 0 Å². The molecule has 0 spiro atoms. The van der Waals surface area contributed by atoms with Gasteiger partial charge in [0.1, 0.15) is 0 Å². The van der Waals surface area contributed by atoms with Crippen LogP contribution in [0.2, 0.25) is 0 Å². The quantitative estimate of drug-likeness (QED) is 0.496. The van der Waals surface area contributed by atoms with Crippen LogP contribution in [0.15, 0.2) is 5.16 Å². The largest absolute Gasteiger partial charge is 0.411 e. The van der Waals surface area contributed by atoms with E-state index in [0.29, 0.717) is 5.92 Å². The van der Waals surface area contributed by atoms with Crippen LogP contribution in [0, 0.1) is 16.7 Å². The van der Waals surface area contributed by atoms with Crippen molar-refractivity contribution >= 4 is 5.71 Å². The molecule has 2 bridgehead atoms. The van der Waals surface area contributed by atoms with E-state index in [0.717, 1.165) is 12.1 Å². The van der Waals surface area contributed by atoms with Gasteiger partial charge in [-0.05, 0) is 31.2 Å². The van der Waals surface area contributed by atoms with Crippen molar-refractivity contribution in [2.45, 2.75) is 39.7 Å². The van der Waals surface area contributed by atoms with Crippen LogP contribution in [0.4, 0.5) is 0 Å². The first-order valence-corrected chi connectivity index (χ1v) is 5.38. The molecule has 2 rings (SSSR count). The van der Waals surface area contributed by atoms with Crippen molar-refractivity contribution < 1.29 is 5.21 Å². The molecule has 0 radical (unpaired) electrons. The van der Waals surface area contributed by atoms with Gasteiger partial charge in [-0.25, -0.2) is 0 Å². The molecule has 80 valence electrons. The van der Waals surface area contributed by atoms with Gasteiger partial charge in [0, 0.05) is 5.41 Å². The van der Waals surface area contributed by atoms with E-state index in [4.69, 9.17) is 5.21 Å². The zero-order valence-corrected chi connectivity index (χ0v) is 9.46. The Morgan fingerprint density at radius 1 is 1.43 bits per heavy atom. The highest BCUT2D eigenvalue weighted by molar-refractivity contribution is 5.98. The Morgan fingerprint density at radius 3 is 2.50 bits per heavy atom. The van der Waals surface area contributed by atoms with Gasteiger partial charge in [-0.15, -0.1) is 0 Å². The maximum Gasteiger partial charge on any atom is 0.0806 e. The molecule has 2 aliphatic rings. The standard InChI is InChI=1S/C11H20N2O/c1-10(2)7-5-6-11(10,3)9(13-14)8(7)12-4/h7-8,12,14H,5-6H2,1-4H3/b13-9-/t7-,8+,11+/m1/s1. The minimum atomic E-state index is 0.0834. The van der Waals surface area contributed by atoms with E-state index in [-0.39, 0.29) is 16.9 Å². The molecule has 0 aromatic rings. The van der Waals surface area contributed by atoms with Crippen LogP contribution in [0.1, 0.15) is 33.6 Å². The summed E-state index contributed by atoms with van der Waals surface area (Å²) in [4.78, 5) is 0. The summed E-state index contributed by atoms with van der Waals surface area (Å²) >= 11 is 0. The molecule has 2 saturated carbocycles. The van der Waals surface area contributed by atoms with Gasteiger partial charge in [-0.2, -0.15) is 0 Å². The molecular weight excluding hydrogens is 176 g/mol. The third-order valence-corrected chi connectivity index (χ3v) is 4.99. The van der Waals surface area contributed by atoms with E-state index in [1.165, 1.54) is 6.42 Å². The molecule has 0 unspecified atom stereocenters. The smallest absolute Gasteiger partial charge is 0.0806 e. The molecular formula is C11H20N2O. The van der Waals surface area contributed by atoms with Crippen LogP contribution >= 0.6 is 0 Å². The predicted molar refractivity (Wildman–Crippen MR) is 56.7 cm³/mol. The third kappa shape index (κ3) is 0.842. The topological polar surface area (TPSA) is 44.6 Å². The summed E-state index contributed by atoms with van der Waals surface area (Å²) in [5.41, 5.74) is 1.30. The summed E-state index contributed by atoms with van der Waals surface area (Å²) in [6.07, 6.45) is 2.40. The summed E-state index contributed by atoms with van der Waals surface area (Å²) in [5, 5.41) is 16.0. The number of rotatable bonds is 1. The van der Waals surface area contributed by atoms with E-state index in [9.17, 15) is 0 Å². The molecule has 3 heteroatoms. The monoisotopic (exact) mass is 196 g/mol. The van der Waals surface area contributed by atoms with Crippen LogP contribution < -0.4 is 5.32 Å². The molecule has 3 atom stereocenters. The highest BCUT2D eigenvalue weighted by atomic mass is 16.4. The number of oxime groups is 1. The number of nitrogens with zero attached hydrogens (tertiary/aromatic N) is 1. The minimum Gasteiger partial charge on any atom is -0.411 e. The lowest BCUT2D eigenvalue weighted by atomic mass is 9.70. The van der Waals surface area contributed by atoms with Crippen LogP contribution in [-0.4, -0.2) is 24.0 Å². The fourth-order valence-corrected chi connectivity index (χ4v) is 3.62. The number of nitrogens with one attached hydrogen (secondary N) is 1. The highest BCUT2D eigenvalue weighted by Gasteiger charge is 2.64. The van der Waals surface area contributed by atoms with Gasteiger partial charge in [-0.1, -0.05) is 25.9 Å². The average molecular weight is 196 g/mol. The molecule has 0 heterocycles. The maximum atomic E-state index is 9.14. The Hall–Kier alpha value is -0.570. The van der Waals surface area contributed by atoms with Crippen molar-refractivity contribution in [2.24, 2.45) is 21.9 Å².